The quantitative estimate of drug-likeness (QED) is 0.892. The van der Waals surface area contributed by atoms with E-state index in [-0.39, 0.29) is 18.6 Å². The van der Waals surface area contributed by atoms with Crippen LogP contribution >= 0.6 is 11.3 Å². The van der Waals surface area contributed by atoms with E-state index in [9.17, 15) is 9.90 Å². The molecule has 94 valence electrons. The number of carbonyl (C=O) groups is 1. The molecule has 0 aliphatic carbocycles. The lowest BCUT2D eigenvalue weighted by Crippen LogP contribution is -2.45. The monoisotopic (exact) mass is 253 g/mol. The van der Waals surface area contributed by atoms with Gasteiger partial charge in [0.2, 0.25) is 5.91 Å². The van der Waals surface area contributed by atoms with E-state index in [0.717, 1.165) is 32.2 Å². The van der Waals surface area contributed by atoms with Crippen LogP contribution in [-0.4, -0.2) is 35.1 Å². The number of aliphatic hydroxyl groups is 1. The number of likely N-dealkylation sites (tertiary alicyclic amines) is 1. The van der Waals surface area contributed by atoms with Crippen LogP contribution in [0.25, 0.3) is 0 Å². The predicted molar refractivity (Wildman–Crippen MR) is 69.1 cm³/mol. The number of aliphatic hydroxyl groups excluding tert-OH is 1. The molecule has 1 N–H and O–H groups in total. The van der Waals surface area contributed by atoms with Crippen LogP contribution in [0.3, 0.4) is 0 Å². The Morgan fingerprint density at radius 2 is 2.41 bits per heavy atom. The molecule has 2 rings (SSSR count). The summed E-state index contributed by atoms with van der Waals surface area (Å²) in [5.41, 5.74) is 0. The van der Waals surface area contributed by atoms with Gasteiger partial charge >= 0.3 is 0 Å². The standard InChI is InChI=1S/C13H19NO2S/c15-10-11-4-1-2-8-14(11)13(16)7-6-12-5-3-9-17-12/h3,5,9,11,15H,1-2,4,6-8,10H2. The van der Waals surface area contributed by atoms with Crippen LogP contribution < -0.4 is 0 Å². The second-order valence-corrected chi connectivity index (χ2v) is 5.53. The molecule has 0 spiro atoms. The maximum Gasteiger partial charge on any atom is 0.223 e. The first-order valence-electron chi connectivity index (χ1n) is 6.24. The van der Waals surface area contributed by atoms with E-state index in [1.807, 2.05) is 16.3 Å². The summed E-state index contributed by atoms with van der Waals surface area (Å²) in [6, 6.07) is 4.14. The SMILES string of the molecule is O=C(CCc1cccs1)N1CCCCC1CO. The van der Waals surface area contributed by atoms with Gasteiger partial charge in [0.25, 0.3) is 0 Å². The van der Waals surface area contributed by atoms with Crippen LogP contribution in [0.5, 0.6) is 0 Å². The molecule has 0 saturated carbocycles. The Morgan fingerprint density at radius 3 is 3.12 bits per heavy atom. The number of aryl methyl sites for hydroxylation is 1. The third-order valence-electron chi connectivity index (χ3n) is 3.32. The van der Waals surface area contributed by atoms with Crippen molar-refractivity contribution in [3.63, 3.8) is 0 Å². The Bertz CT molecular complexity index is 350. The molecule has 0 radical (unpaired) electrons. The molecule has 0 bridgehead atoms. The number of piperidine rings is 1. The zero-order chi connectivity index (χ0) is 12.1. The van der Waals surface area contributed by atoms with Gasteiger partial charge in [-0.15, -0.1) is 11.3 Å². The second kappa shape index (κ2) is 6.17. The summed E-state index contributed by atoms with van der Waals surface area (Å²) in [7, 11) is 0. The van der Waals surface area contributed by atoms with Gasteiger partial charge < -0.3 is 10.0 Å². The molecule has 2 heterocycles. The first-order valence-corrected chi connectivity index (χ1v) is 7.12. The van der Waals surface area contributed by atoms with Crippen molar-refractivity contribution in [1.82, 2.24) is 4.90 Å². The number of carbonyl (C=O) groups excluding carboxylic acids is 1. The summed E-state index contributed by atoms with van der Waals surface area (Å²) in [5.74, 6) is 0.192. The number of amides is 1. The van der Waals surface area contributed by atoms with Gasteiger partial charge in [-0.25, -0.2) is 0 Å². The molecular weight excluding hydrogens is 234 g/mol. The zero-order valence-electron chi connectivity index (χ0n) is 9.97. The molecule has 1 unspecified atom stereocenters. The fourth-order valence-corrected chi connectivity index (χ4v) is 3.06. The largest absolute Gasteiger partial charge is 0.394 e. The number of rotatable bonds is 4. The molecule has 17 heavy (non-hydrogen) atoms. The third kappa shape index (κ3) is 3.30. The van der Waals surface area contributed by atoms with E-state index < -0.39 is 0 Å². The number of hydrogen-bond acceptors (Lipinski definition) is 3. The van der Waals surface area contributed by atoms with Crippen LogP contribution in [0.15, 0.2) is 17.5 Å². The Labute approximate surface area is 106 Å². The van der Waals surface area contributed by atoms with E-state index in [4.69, 9.17) is 0 Å². The molecule has 0 aromatic carbocycles. The molecular formula is C13H19NO2S. The Balaban J connectivity index is 1.85. The molecule has 1 atom stereocenters. The minimum absolute atomic E-state index is 0.0552. The molecule has 1 aliphatic heterocycles. The zero-order valence-corrected chi connectivity index (χ0v) is 10.8. The van der Waals surface area contributed by atoms with E-state index in [0.29, 0.717) is 6.42 Å². The van der Waals surface area contributed by atoms with Crippen molar-refractivity contribution >= 4 is 17.2 Å². The van der Waals surface area contributed by atoms with Gasteiger partial charge in [0.15, 0.2) is 0 Å². The van der Waals surface area contributed by atoms with Gasteiger partial charge in [-0.3, -0.25) is 4.79 Å². The van der Waals surface area contributed by atoms with Gasteiger partial charge in [-0.05, 0) is 37.1 Å². The summed E-state index contributed by atoms with van der Waals surface area (Å²) in [5, 5.41) is 11.3. The molecule has 1 aliphatic rings. The minimum atomic E-state index is 0.0552. The lowest BCUT2D eigenvalue weighted by Gasteiger charge is -2.34. The van der Waals surface area contributed by atoms with Gasteiger partial charge in [0.05, 0.1) is 12.6 Å². The topological polar surface area (TPSA) is 40.5 Å². The lowest BCUT2D eigenvalue weighted by atomic mass is 10.0. The van der Waals surface area contributed by atoms with Crippen molar-refractivity contribution in [1.29, 1.82) is 0 Å². The van der Waals surface area contributed by atoms with Crippen LogP contribution in [0.2, 0.25) is 0 Å². The van der Waals surface area contributed by atoms with Gasteiger partial charge in [0.1, 0.15) is 0 Å². The van der Waals surface area contributed by atoms with Crippen molar-refractivity contribution in [3.8, 4) is 0 Å². The summed E-state index contributed by atoms with van der Waals surface area (Å²) in [6.45, 7) is 0.916. The van der Waals surface area contributed by atoms with Crippen LogP contribution in [-0.2, 0) is 11.2 Å². The number of nitrogens with zero attached hydrogens (tertiary/aromatic N) is 1. The maximum atomic E-state index is 12.1. The highest BCUT2D eigenvalue weighted by Crippen LogP contribution is 2.19. The van der Waals surface area contributed by atoms with Crippen molar-refractivity contribution in [2.24, 2.45) is 0 Å². The lowest BCUT2D eigenvalue weighted by molar-refractivity contribution is -0.135. The van der Waals surface area contributed by atoms with Crippen molar-refractivity contribution in [2.75, 3.05) is 13.2 Å². The number of hydrogen-bond donors (Lipinski definition) is 1. The molecule has 1 aromatic rings. The van der Waals surface area contributed by atoms with Crippen molar-refractivity contribution in [3.05, 3.63) is 22.4 Å². The second-order valence-electron chi connectivity index (χ2n) is 4.50. The Kier molecular flexibility index (Phi) is 4.57. The Morgan fingerprint density at radius 1 is 1.53 bits per heavy atom. The van der Waals surface area contributed by atoms with Crippen LogP contribution in [0.1, 0.15) is 30.6 Å². The van der Waals surface area contributed by atoms with E-state index in [2.05, 4.69) is 6.07 Å². The van der Waals surface area contributed by atoms with Gasteiger partial charge in [-0.1, -0.05) is 6.07 Å². The summed E-state index contributed by atoms with van der Waals surface area (Å²) < 4.78 is 0. The van der Waals surface area contributed by atoms with Crippen molar-refractivity contribution < 1.29 is 9.90 Å². The smallest absolute Gasteiger partial charge is 0.223 e. The van der Waals surface area contributed by atoms with Crippen molar-refractivity contribution in [2.45, 2.75) is 38.1 Å². The molecule has 3 nitrogen and oxygen atoms in total. The molecule has 1 fully saturated rings. The van der Waals surface area contributed by atoms with E-state index >= 15 is 0 Å². The van der Waals surface area contributed by atoms with Gasteiger partial charge in [-0.2, -0.15) is 0 Å². The number of thiophene rings is 1. The maximum absolute atomic E-state index is 12.1. The highest BCUT2D eigenvalue weighted by Gasteiger charge is 2.25. The fourth-order valence-electron chi connectivity index (χ4n) is 2.35. The summed E-state index contributed by atoms with van der Waals surface area (Å²) in [4.78, 5) is 15.2. The Hall–Kier alpha value is -0.870. The highest BCUT2D eigenvalue weighted by molar-refractivity contribution is 7.09. The average molecular weight is 253 g/mol. The van der Waals surface area contributed by atoms with Crippen LogP contribution in [0, 0.1) is 0 Å². The average Bonchev–Trinajstić information content (AvgIpc) is 2.89. The molecule has 1 amide bonds. The summed E-state index contributed by atoms with van der Waals surface area (Å²) >= 11 is 1.70. The first kappa shape index (κ1) is 12.6. The third-order valence-corrected chi connectivity index (χ3v) is 4.26. The normalized spacial score (nSPS) is 20.5. The minimum Gasteiger partial charge on any atom is -0.394 e. The van der Waals surface area contributed by atoms with E-state index in [1.54, 1.807) is 11.3 Å². The molecule has 1 saturated heterocycles. The first-order chi connectivity index (χ1) is 8.31. The van der Waals surface area contributed by atoms with Crippen LogP contribution in [0.4, 0.5) is 0 Å². The summed E-state index contributed by atoms with van der Waals surface area (Å²) in [6.07, 6.45) is 4.53. The van der Waals surface area contributed by atoms with Gasteiger partial charge in [0, 0.05) is 17.8 Å². The van der Waals surface area contributed by atoms with E-state index in [1.165, 1.54) is 4.88 Å². The fraction of sp³-hybridized carbons (Fsp3) is 0.615. The molecule has 4 heteroatoms. The molecule has 1 aromatic heterocycles. The highest BCUT2D eigenvalue weighted by atomic mass is 32.1. The predicted octanol–water partition coefficient (Wildman–Crippen LogP) is 2.05.